The maximum atomic E-state index is 2.58. The standard InChI is InChI=1S/C35H46N/c1-22-30(17-28(33(2,3)4)18-31(22)34(5,6)7)32-29-10-9-27(16-26(29)11-12-36(32)8)35-19-23-13-24(20-35)15-25(14-23)21-35/h9-12,16-18,23-25H,13-15,19-21H2,1-8H3/q+1. The molecule has 36 heavy (non-hydrogen) atoms. The Hall–Kier alpha value is -2.15. The van der Waals surface area contributed by atoms with Crippen molar-refractivity contribution < 1.29 is 4.57 Å². The number of aromatic nitrogens is 1. The molecule has 4 saturated carbocycles. The Kier molecular flexibility index (Phi) is 5.33. The largest absolute Gasteiger partial charge is 0.220 e. The number of hydrogen-bond donors (Lipinski definition) is 0. The van der Waals surface area contributed by atoms with Gasteiger partial charge in [0.1, 0.15) is 7.05 Å². The second-order valence-electron chi connectivity index (χ2n) is 15.0. The number of fused-ring (bicyclic) bond motifs is 1. The second-order valence-corrected chi connectivity index (χ2v) is 15.0. The molecule has 0 unspecified atom stereocenters. The van der Waals surface area contributed by atoms with E-state index in [-0.39, 0.29) is 10.8 Å². The van der Waals surface area contributed by atoms with Crippen molar-refractivity contribution in [2.24, 2.45) is 24.8 Å². The van der Waals surface area contributed by atoms with E-state index in [4.69, 9.17) is 0 Å². The Balaban J connectivity index is 1.53. The first-order valence-corrected chi connectivity index (χ1v) is 14.4. The van der Waals surface area contributed by atoms with Gasteiger partial charge in [-0.15, -0.1) is 0 Å². The van der Waals surface area contributed by atoms with Crippen LogP contribution in [0.15, 0.2) is 42.6 Å². The quantitative estimate of drug-likeness (QED) is 0.323. The van der Waals surface area contributed by atoms with Crippen LogP contribution in [0.25, 0.3) is 22.0 Å². The molecule has 190 valence electrons. The van der Waals surface area contributed by atoms with E-state index in [0.717, 1.165) is 17.8 Å². The minimum atomic E-state index is 0.106. The first kappa shape index (κ1) is 24.2. The van der Waals surface area contributed by atoms with Gasteiger partial charge < -0.3 is 0 Å². The lowest BCUT2D eigenvalue weighted by Gasteiger charge is -2.57. The molecule has 0 aliphatic heterocycles. The zero-order chi connectivity index (χ0) is 25.6. The van der Waals surface area contributed by atoms with Gasteiger partial charge >= 0.3 is 0 Å². The summed E-state index contributed by atoms with van der Waals surface area (Å²) in [7, 11) is 2.22. The van der Waals surface area contributed by atoms with E-state index in [9.17, 15) is 0 Å². The third-order valence-electron chi connectivity index (χ3n) is 10.1. The van der Waals surface area contributed by atoms with E-state index in [2.05, 4.69) is 103 Å². The predicted octanol–water partition coefficient (Wildman–Crippen LogP) is 8.70. The van der Waals surface area contributed by atoms with Crippen molar-refractivity contribution in [3.05, 3.63) is 64.8 Å². The first-order valence-electron chi connectivity index (χ1n) is 14.4. The van der Waals surface area contributed by atoms with Crippen LogP contribution in [-0.2, 0) is 23.3 Å². The molecule has 4 bridgehead atoms. The smallest absolute Gasteiger partial charge is 0.200 e. The topological polar surface area (TPSA) is 3.88 Å². The molecule has 0 spiro atoms. The van der Waals surface area contributed by atoms with Gasteiger partial charge in [0.2, 0.25) is 5.69 Å². The molecule has 0 N–H and O–H groups in total. The van der Waals surface area contributed by atoms with Crippen LogP contribution >= 0.6 is 0 Å². The van der Waals surface area contributed by atoms with E-state index in [1.165, 1.54) is 77.2 Å². The lowest BCUT2D eigenvalue weighted by Crippen LogP contribution is -2.48. The Morgan fingerprint density at radius 3 is 1.94 bits per heavy atom. The molecule has 0 radical (unpaired) electrons. The monoisotopic (exact) mass is 480 g/mol. The third-order valence-corrected chi connectivity index (χ3v) is 10.1. The van der Waals surface area contributed by atoms with Crippen molar-refractivity contribution in [1.29, 1.82) is 0 Å². The molecule has 3 aromatic rings. The summed E-state index contributed by atoms with van der Waals surface area (Å²) in [5.41, 5.74) is 9.35. The lowest BCUT2D eigenvalue weighted by atomic mass is 9.48. The summed E-state index contributed by atoms with van der Waals surface area (Å²) in [4.78, 5) is 0. The zero-order valence-corrected chi connectivity index (χ0v) is 24.0. The Bertz CT molecular complexity index is 1310. The van der Waals surface area contributed by atoms with Gasteiger partial charge in [-0.2, -0.15) is 0 Å². The number of rotatable bonds is 2. The molecule has 1 heterocycles. The maximum Gasteiger partial charge on any atom is 0.220 e. The average Bonchev–Trinajstić information content (AvgIpc) is 2.77. The van der Waals surface area contributed by atoms with Crippen molar-refractivity contribution in [2.45, 2.75) is 103 Å². The molecular formula is C35H46N+. The minimum absolute atomic E-state index is 0.106. The molecule has 0 saturated heterocycles. The highest BCUT2D eigenvalue weighted by Crippen LogP contribution is 2.61. The number of aryl methyl sites for hydroxylation is 1. The molecule has 0 atom stereocenters. The highest BCUT2D eigenvalue weighted by Gasteiger charge is 2.51. The normalized spacial score (nSPS) is 27.7. The van der Waals surface area contributed by atoms with E-state index < -0.39 is 0 Å². The summed E-state index contributed by atoms with van der Waals surface area (Å²) in [5.74, 6) is 2.94. The number of benzene rings is 2. The Labute approximate surface area is 219 Å². The van der Waals surface area contributed by atoms with Crippen LogP contribution in [-0.4, -0.2) is 0 Å². The summed E-state index contributed by atoms with van der Waals surface area (Å²) in [6, 6.07) is 14.9. The second kappa shape index (κ2) is 7.92. The van der Waals surface area contributed by atoms with Crippen LogP contribution in [0.1, 0.15) is 102 Å². The molecule has 1 nitrogen and oxygen atoms in total. The zero-order valence-electron chi connectivity index (χ0n) is 24.0. The molecule has 4 aliphatic rings. The lowest BCUT2D eigenvalue weighted by molar-refractivity contribution is -0.659. The maximum absolute atomic E-state index is 2.58. The summed E-state index contributed by atoms with van der Waals surface area (Å²) < 4.78 is 2.36. The summed E-state index contributed by atoms with van der Waals surface area (Å²) in [6.45, 7) is 16.4. The molecule has 4 aliphatic carbocycles. The van der Waals surface area contributed by atoms with Crippen LogP contribution < -0.4 is 4.57 Å². The Morgan fingerprint density at radius 2 is 1.39 bits per heavy atom. The number of hydrogen-bond acceptors (Lipinski definition) is 0. The van der Waals surface area contributed by atoms with Crippen LogP contribution in [0.4, 0.5) is 0 Å². The molecule has 2 aromatic carbocycles. The fourth-order valence-corrected chi connectivity index (χ4v) is 8.67. The van der Waals surface area contributed by atoms with Crippen molar-refractivity contribution in [2.75, 3.05) is 0 Å². The number of nitrogens with zero attached hydrogens (tertiary/aromatic N) is 1. The minimum Gasteiger partial charge on any atom is -0.200 e. The van der Waals surface area contributed by atoms with Crippen molar-refractivity contribution in [3.63, 3.8) is 0 Å². The van der Waals surface area contributed by atoms with Crippen molar-refractivity contribution in [3.8, 4) is 11.3 Å². The summed E-state index contributed by atoms with van der Waals surface area (Å²) in [5, 5.41) is 2.80. The van der Waals surface area contributed by atoms with E-state index in [1.54, 1.807) is 5.56 Å². The molecule has 1 heteroatoms. The van der Waals surface area contributed by atoms with Gasteiger partial charge in [-0.05, 0) is 119 Å². The first-order chi connectivity index (χ1) is 16.8. The van der Waals surface area contributed by atoms with E-state index >= 15 is 0 Å². The predicted molar refractivity (Wildman–Crippen MR) is 153 cm³/mol. The van der Waals surface area contributed by atoms with Gasteiger partial charge in [-0.1, -0.05) is 59.7 Å². The fraction of sp³-hybridized carbons (Fsp3) is 0.571. The molecule has 1 aromatic heterocycles. The van der Waals surface area contributed by atoms with E-state index in [1.807, 2.05) is 0 Å². The Morgan fingerprint density at radius 1 is 0.778 bits per heavy atom. The number of pyridine rings is 1. The van der Waals surface area contributed by atoms with Crippen molar-refractivity contribution >= 4 is 10.8 Å². The van der Waals surface area contributed by atoms with Gasteiger partial charge in [-0.25, -0.2) is 4.57 Å². The third kappa shape index (κ3) is 3.84. The van der Waals surface area contributed by atoms with Gasteiger partial charge in [-0.3, -0.25) is 0 Å². The summed E-state index contributed by atoms with van der Waals surface area (Å²) >= 11 is 0. The van der Waals surface area contributed by atoms with Crippen LogP contribution in [0, 0.1) is 24.7 Å². The summed E-state index contributed by atoms with van der Waals surface area (Å²) in [6.07, 6.45) is 11.1. The van der Waals surface area contributed by atoms with Crippen LogP contribution in [0.5, 0.6) is 0 Å². The van der Waals surface area contributed by atoms with Gasteiger partial charge in [0, 0.05) is 6.07 Å². The van der Waals surface area contributed by atoms with E-state index in [0.29, 0.717) is 5.41 Å². The van der Waals surface area contributed by atoms with Crippen LogP contribution in [0.2, 0.25) is 0 Å². The van der Waals surface area contributed by atoms with Crippen molar-refractivity contribution in [1.82, 2.24) is 0 Å². The molecular weight excluding hydrogens is 434 g/mol. The highest BCUT2D eigenvalue weighted by atomic mass is 14.9. The SMILES string of the molecule is Cc1c(-c2c3ccc(C45CC6CC(CC(C6)C4)C5)cc3cc[n+]2C)cc(C(C)(C)C)cc1C(C)(C)C. The highest BCUT2D eigenvalue weighted by molar-refractivity contribution is 5.94. The van der Waals surface area contributed by atoms with Crippen LogP contribution in [0.3, 0.4) is 0 Å². The molecule has 7 rings (SSSR count). The fourth-order valence-electron chi connectivity index (χ4n) is 8.67. The van der Waals surface area contributed by atoms with Gasteiger partial charge in [0.25, 0.3) is 0 Å². The molecule has 4 fully saturated rings. The molecule has 0 amide bonds. The van der Waals surface area contributed by atoms with Gasteiger partial charge in [0.15, 0.2) is 6.20 Å². The van der Waals surface area contributed by atoms with Gasteiger partial charge in [0.05, 0.1) is 10.9 Å². The average molecular weight is 481 g/mol.